The lowest BCUT2D eigenvalue weighted by Gasteiger charge is -2.21. The molecule has 0 radical (unpaired) electrons. The molecule has 0 atom stereocenters. The van der Waals surface area contributed by atoms with Crippen LogP contribution in [0.4, 0.5) is 0 Å². The molecule has 4 rings (SSSR count). The average molecular weight is 485 g/mol. The van der Waals surface area contributed by atoms with E-state index in [1.54, 1.807) is 12.1 Å². The molecule has 6 nitrogen and oxygen atoms in total. The van der Waals surface area contributed by atoms with Gasteiger partial charge in [-0.15, -0.1) is 0 Å². The molecule has 4 aromatic rings. The van der Waals surface area contributed by atoms with E-state index in [2.05, 4.69) is 0 Å². The third-order valence-electron chi connectivity index (χ3n) is 5.85. The van der Waals surface area contributed by atoms with E-state index in [1.165, 1.54) is 24.7 Å². The maximum Gasteiger partial charge on any atom is 0.379 e. The van der Waals surface area contributed by atoms with Crippen molar-refractivity contribution in [2.24, 2.45) is 0 Å². The molecule has 2 heterocycles. The van der Waals surface area contributed by atoms with Crippen molar-refractivity contribution in [3.8, 4) is 0 Å². The fourth-order valence-corrected chi connectivity index (χ4v) is 4.57. The van der Waals surface area contributed by atoms with Crippen LogP contribution >= 0.6 is 0 Å². The van der Waals surface area contributed by atoms with E-state index >= 15 is 0 Å². The maximum absolute atomic E-state index is 13.1. The van der Waals surface area contributed by atoms with E-state index in [9.17, 15) is 9.59 Å². The molecule has 0 aliphatic carbocycles. The van der Waals surface area contributed by atoms with Crippen LogP contribution in [-0.2, 0) is 9.47 Å². The van der Waals surface area contributed by atoms with E-state index in [4.69, 9.17) is 18.3 Å². The molecule has 2 aromatic heterocycles. The van der Waals surface area contributed by atoms with Crippen LogP contribution in [0.1, 0.15) is 65.6 Å². The normalized spacial score (nSPS) is 11.7. The fourth-order valence-electron chi connectivity index (χ4n) is 4.57. The summed E-state index contributed by atoms with van der Waals surface area (Å²) in [6.07, 6.45) is 2.79. The van der Waals surface area contributed by atoms with Crippen LogP contribution in [0.25, 0.3) is 11.5 Å². The van der Waals surface area contributed by atoms with Gasteiger partial charge in [-0.1, -0.05) is 35.4 Å². The summed E-state index contributed by atoms with van der Waals surface area (Å²) in [6.45, 7) is 11.7. The molecule has 0 spiro atoms. The second kappa shape index (κ2) is 10.1. The molecular formula is C30H28O6. The van der Waals surface area contributed by atoms with Gasteiger partial charge in [0.1, 0.15) is 0 Å². The van der Waals surface area contributed by atoms with Gasteiger partial charge in [0.25, 0.3) is 0 Å². The van der Waals surface area contributed by atoms with Crippen LogP contribution in [0.15, 0.2) is 69.9 Å². The molecule has 0 amide bonds. The Hall–Kier alpha value is -4.32. The summed E-state index contributed by atoms with van der Waals surface area (Å²) in [5, 5.41) is 0. The quantitative estimate of drug-likeness (QED) is 0.163. The second-order valence-corrected chi connectivity index (χ2v) is 8.94. The van der Waals surface area contributed by atoms with Gasteiger partial charge in [0.2, 0.25) is 11.5 Å². The van der Waals surface area contributed by atoms with Crippen LogP contribution in [0, 0.1) is 41.5 Å². The van der Waals surface area contributed by atoms with Crippen LogP contribution in [0.3, 0.4) is 0 Å². The topological polar surface area (TPSA) is 78.9 Å². The standard InChI is InChI=1S/C30H28O6/c1-17-13-19(3)25(20(4)14-17)27(35-29(31)23-9-7-11-33-23)28(36-30(32)24-10-8-12-34-24)26-21(5)15-18(2)16-22(26)6/h7-16H,1-6H3. The highest BCUT2D eigenvalue weighted by atomic mass is 16.6. The first-order chi connectivity index (χ1) is 17.2. The van der Waals surface area contributed by atoms with E-state index in [-0.39, 0.29) is 23.0 Å². The highest BCUT2D eigenvalue weighted by Crippen LogP contribution is 2.37. The molecule has 6 heteroatoms. The number of hydrogen-bond donors (Lipinski definition) is 0. The van der Waals surface area contributed by atoms with Crippen molar-refractivity contribution in [1.29, 1.82) is 0 Å². The van der Waals surface area contributed by atoms with E-state index in [0.29, 0.717) is 11.1 Å². The highest BCUT2D eigenvalue weighted by molar-refractivity contribution is 6.00. The number of furan rings is 2. The van der Waals surface area contributed by atoms with Crippen molar-refractivity contribution >= 4 is 23.5 Å². The Morgan fingerprint density at radius 3 is 1.19 bits per heavy atom. The molecule has 2 aromatic carbocycles. The summed E-state index contributed by atoms with van der Waals surface area (Å²) in [7, 11) is 0. The van der Waals surface area contributed by atoms with Gasteiger partial charge < -0.3 is 18.3 Å². The molecule has 36 heavy (non-hydrogen) atoms. The largest absolute Gasteiger partial charge is 0.457 e. The van der Waals surface area contributed by atoms with Gasteiger partial charge in [0, 0.05) is 11.1 Å². The lowest BCUT2D eigenvalue weighted by atomic mass is 9.93. The van der Waals surface area contributed by atoms with Crippen molar-refractivity contribution in [3.05, 3.63) is 117 Å². The Bertz CT molecular complexity index is 1300. The smallest absolute Gasteiger partial charge is 0.379 e. The van der Waals surface area contributed by atoms with Gasteiger partial charge in [-0.05, 0) is 88.1 Å². The Morgan fingerprint density at radius 1 is 0.583 bits per heavy atom. The van der Waals surface area contributed by atoms with E-state index in [1.807, 2.05) is 65.8 Å². The zero-order valence-corrected chi connectivity index (χ0v) is 21.2. The summed E-state index contributed by atoms with van der Waals surface area (Å²) >= 11 is 0. The number of esters is 2. The summed E-state index contributed by atoms with van der Waals surface area (Å²) in [5.41, 5.74) is 6.88. The van der Waals surface area contributed by atoms with Crippen molar-refractivity contribution in [3.63, 3.8) is 0 Å². The number of carbonyl (C=O) groups is 2. The first-order valence-corrected chi connectivity index (χ1v) is 11.6. The van der Waals surface area contributed by atoms with Gasteiger partial charge in [-0.25, -0.2) is 9.59 Å². The van der Waals surface area contributed by atoms with Gasteiger partial charge in [0.15, 0.2) is 11.5 Å². The maximum atomic E-state index is 13.1. The molecule has 0 bridgehead atoms. The Kier molecular flexibility index (Phi) is 6.97. The molecule has 184 valence electrons. The number of rotatable bonds is 6. The number of aryl methyl sites for hydroxylation is 6. The van der Waals surface area contributed by atoms with Gasteiger partial charge in [-0.2, -0.15) is 0 Å². The predicted molar refractivity (Wildman–Crippen MR) is 136 cm³/mol. The van der Waals surface area contributed by atoms with Crippen LogP contribution in [0.5, 0.6) is 0 Å². The molecule has 0 aliphatic rings. The number of benzene rings is 2. The average Bonchev–Trinajstić information content (AvgIpc) is 3.50. The van der Waals surface area contributed by atoms with Gasteiger partial charge in [0.05, 0.1) is 12.5 Å². The van der Waals surface area contributed by atoms with E-state index < -0.39 is 11.9 Å². The third-order valence-corrected chi connectivity index (χ3v) is 5.85. The van der Waals surface area contributed by atoms with Crippen molar-refractivity contribution in [1.82, 2.24) is 0 Å². The summed E-state index contributed by atoms with van der Waals surface area (Å²) < 4.78 is 22.6. The number of ether oxygens (including phenoxy) is 2. The van der Waals surface area contributed by atoms with Crippen LogP contribution in [0.2, 0.25) is 0 Å². The summed E-state index contributed by atoms with van der Waals surface area (Å²) in [6, 6.07) is 14.2. The Labute approximate surface area is 210 Å². The van der Waals surface area contributed by atoms with Crippen molar-refractivity contribution < 1.29 is 27.9 Å². The molecule has 0 saturated heterocycles. The summed E-state index contributed by atoms with van der Waals surface area (Å²) in [5.74, 6) is -1.10. The molecule has 0 aliphatic heterocycles. The van der Waals surface area contributed by atoms with Crippen LogP contribution in [-0.4, -0.2) is 11.9 Å². The van der Waals surface area contributed by atoms with Crippen LogP contribution < -0.4 is 0 Å². The van der Waals surface area contributed by atoms with Crippen molar-refractivity contribution in [2.75, 3.05) is 0 Å². The Morgan fingerprint density at radius 2 is 0.917 bits per heavy atom. The zero-order valence-electron chi connectivity index (χ0n) is 21.2. The molecule has 0 N–H and O–H groups in total. The lowest BCUT2D eigenvalue weighted by molar-refractivity contribution is 0.0612. The molecule has 0 unspecified atom stereocenters. The Balaban J connectivity index is 2.03. The highest BCUT2D eigenvalue weighted by Gasteiger charge is 2.28. The van der Waals surface area contributed by atoms with Gasteiger partial charge in [-0.3, -0.25) is 0 Å². The summed E-state index contributed by atoms with van der Waals surface area (Å²) in [4.78, 5) is 26.3. The minimum Gasteiger partial charge on any atom is -0.457 e. The van der Waals surface area contributed by atoms with Gasteiger partial charge >= 0.3 is 11.9 Å². The first-order valence-electron chi connectivity index (χ1n) is 11.6. The lowest BCUT2D eigenvalue weighted by Crippen LogP contribution is -2.13. The number of carbonyl (C=O) groups excluding carboxylic acids is 2. The third kappa shape index (κ3) is 5.03. The second-order valence-electron chi connectivity index (χ2n) is 8.94. The van der Waals surface area contributed by atoms with E-state index in [0.717, 1.165) is 33.4 Å². The fraction of sp³-hybridized carbons (Fsp3) is 0.200. The molecular weight excluding hydrogens is 456 g/mol. The molecule has 0 saturated carbocycles. The van der Waals surface area contributed by atoms with Crippen molar-refractivity contribution in [2.45, 2.75) is 41.5 Å². The number of hydrogen-bond acceptors (Lipinski definition) is 6. The minimum atomic E-state index is -0.705. The molecule has 0 fully saturated rings. The first kappa shape index (κ1) is 24.8. The minimum absolute atomic E-state index is 0.0315. The SMILES string of the molecule is Cc1cc(C)c(C(OC(=O)c2ccco2)=C(OC(=O)c2ccco2)c2c(C)cc(C)cc2C)c(C)c1. The monoisotopic (exact) mass is 484 g/mol. The zero-order chi connectivity index (χ0) is 26.0. The predicted octanol–water partition coefficient (Wildman–Crippen LogP) is 7.26.